The van der Waals surface area contributed by atoms with Crippen LogP contribution in [0.5, 0.6) is 0 Å². The third kappa shape index (κ3) is 13.8. The second-order valence-corrected chi connectivity index (χ2v) is 20.9. The highest BCUT2D eigenvalue weighted by molar-refractivity contribution is 5.95. The predicted octanol–water partition coefficient (Wildman–Crippen LogP) is 4.35. The lowest BCUT2D eigenvalue weighted by atomic mass is 9.76. The van der Waals surface area contributed by atoms with Gasteiger partial charge in [-0.1, -0.05) is 19.2 Å². The van der Waals surface area contributed by atoms with Crippen molar-refractivity contribution in [1.29, 1.82) is 0 Å². The Labute approximate surface area is 400 Å². The van der Waals surface area contributed by atoms with E-state index < -0.39 is 48.3 Å². The summed E-state index contributed by atoms with van der Waals surface area (Å²) in [6.45, 7) is 11.9. The van der Waals surface area contributed by atoms with E-state index in [-0.39, 0.29) is 75.1 Å². The van der Waals surface area contributed by atoms with Crippen molar-refractivity contribution < 1.29 is 77.5 Å². The van der Waals surface area contributed by atoms with Crippen LogP contribution < -0.4 is 0 Å². The summed E-state index contributed by atoms with van der Waals surface area (Å²) in [5.41, 5.74) is 0.822. The Bertz CT molecular complexity index is 1770. The molecule has 16 heteroatoms. The molecular weight excluding hydrogens is 881 g/mol. The zero-order valence-corrected chi connectivity index (χ0v) is 39.8. The van der Waals surface area contributed by atoms with Gasteiger partial charge in [0.25, 0.3) is 0 Å². The van der Waals surface area contributed by atoms with E-state index in [2.05, 4.69) is 13.2 Å². The number of fused-ring (bicyclic) bond motifs is 10. The molecule has 0 aliphatic heterocycles. The van der Waals surface area contributed by atoms with Crippen LogP contribution in [0.25, 0.3) is 0 Å². The van der Waals surface area contributed by atoms with Gasteiger partial charge in [0.05, 0.1) is 37.6 Å². The second-order valence-electron chi connectivity index (χ2n) is 20.9. The minimum absolute atomic E-state index is 0.0257. The third-order valence-corrected chi connectivity index (χ3v) is 15.7. The van der Waals surface area contributed by atoms with Crippen LogP contribution in [-0.4, -0.2) is 148 Å². The quantitative estimate of drug-likeness (QED) is 0.0521. The molecule has 68 heavy (non-hydrogen) atoms. The molecule has 4 N–H and O–H groups in total. The minimum Gasteiger partial charge on any atom is -0.460 e. The molecule has 0 spiro atoms. The maximum atomic E-state index is 12.9. The smallest absolute Gasteiger partial charge is 0.338 e. The zero-order valence-electron chi connectivity index (χ0n) is 39.8. The van der Waals surface area contributed by atoms with Crippen molar-refractivity contribution in [3.63, 3.8) is 0 Å². The van der Waals surface area contributed by atoms with Gasteiger partial charge in [-0.15, -0.1) is 0 Å². The lowest BCUT2D eigenvalue weighted by Crippen LogP contribution is -2.30. The van der Waals surface area contributed by atoms with Crippen molar-refractivity contribution >= 4 is 23.9 Å². The molecule has 378 valence electrons. The van der Waals surface area contributed by atoms with Crippen LogP contribution >= 0.6 is 0 Å². The molecule has 6 fully saturated rings. The van der Waals surface area contributed by atoms with Crippen LogP contribution in [0.4, 0.5) is 0 Å². The molecule has 1 aromatic carbocycles. The topological polar surface area (TPSA) is 223 Å². The summed E-state index contributed by atoms with van der Waals surface area (Å²) >= 11 is 0. The Hall–Kier alpha value is -3.74. The summed E-state index contributed by atoms with van der Waals surface area (Å²) in [5, 5.41) is 41.4. The van der Waals surface area contributed by atoms with Crippen molar-refractivity contribution in [2.24, 2.45) is 71.0 Å². The molecule has 0 saturated heterocycles. The Morgan fingerprint density at radius 1 is 0.485 bits per heavy atom. The lowest BCUT2D eigenvalue weighted by Gasteiger charge is -2.31. The Kier molecular flexibility index (Phi) is 18.7. The molecule has 1 aromatic rings. The fourth-order valence-electron chi connectivity index (χ4n) is 12.8. The molecule has 0 radical (unpaired) electrons. The van der Waals surface area contributed by atoms with Gasteiger partial charge in [0, 0.05) is 37.6 Å². The number of benzene rings is 1. The molecule has 4 bridgehead atoms. The number of rotatable bonds is 28. The van der Waals surface area contributed by atoms with E-state index in [1.807, 2.05) is 0 Å². The molecule has 6 aliphatic rings. The highest BCUT2D eigenvalue weighted by Gasteiger charge is 2.57. The van der Waals surface area contributed by atoms with Gasteiger partial charge in [0.1, 0.15) is 50.8 Å². The van der Waals surface area contributed by atoms with Crippen LogP contribution in [-0.2, 0) is 47.5 Å². The van der Waals surface area contributed by atoms with Gasteiger partial charge in [-0.2, -0.15) is 0 Å². The number of carbonyl (C=O) groups excluding carboxylic acids is 4. The van der Waals surface area contributed by atoms with E-state index in [9.17, 15) is 39.6 Å². The molecule has 0 amide bonds. The number of ether oxygens (including phenoxy) is 8. The van der Waals surface area contributed by atoms with Gasteiger partial charge in [-0.05, 0) is 154 Å². The summed E-state index contributed by atoms with van der Waals surface area (Å²) in [6.07, 6.45) is 5.20. The number of esters is 4. The van der Waals surface area contributed by atoms with E-state index in [1.54, 1.807) is 13.8 Å². The first-order chi connectivity index (χ1) is 32.6. The van der Waals surface area contributed by atoms with E-state index in [4.69, 9.17) is 37.9 Å². The number of aliphatic hydroxyl groups is 4. The lowest BCUT2D eigenvalue weighted by molar-refractivity contribution is -0.144. The maximum absolute atomic E-state index is 12.9. The number of hydrogen-bond donors (Lipinski definition) is 4. The van der Waals surface area contributed by atoms with E-state index in [0.29, 0.717) is 97.4 Å². The minimum atomic E-state index is -1.02. The maximum Gasteiger partial charge on any atom is 0.338 e. The van der Waals surface area contributed by atoms with Gasteiger partial charge in [0.15, 0.2) is 0 Å². The summed E-state index contributed by atoms with van der Waals surface area (Å²) in [5.74, 6) is 4.31. The first kappa shape index (κ1) is 52.1. The van der Waals surface area contributed by atoms with E-state index in [1.165, 1.54) is 37.1 Å². The largest absolute Gasteiger partial charge is 0.460 e. The van der Waals surface area contributed by atoms with Gasteiger partial charge >= 0.3 is 23.9 Å². The van der Waals surface area contributed by atoms with Crippen molar-refractivity contribution in [3.05, 3.63) is 59.7 Å². The van der Waals surface area contributed by atoms with Crippen molar-refractivity contribution in [2.75, 3.05) is 79.3 Å². The average Bonchev–Trinajstić information content (AvgIpc) is 4.18. The Balaban J connectivity index is 0.718. The normalized spacial score (nSPS) is 31.4. The first-order valence-corrected chi connectivity index (χ1v) is 24.8. The van der Waals surface area contributed by atoms with Crippen molar-refractivity contribution in [1.82, 2.24) is 0 Å². The second kappa shape index (κ2) is 24.4. The molecule has 16 unspecified atom stereocenters. The van der Waals surface area contributed by atoms with Crippen molar-refractivity contribution in [3.8, 4) is 0 Å². The zero-order chi connectivity index (χ0) is 48.5. The molecule has 0 aromatic heterocycles. The Morgan fingerprint density at radius 3 is 1.22 bits per heavy atom. The predicted molar refractivity (Wildman–Crippen MR) is 245 cm³/mol. The molecular formula is C52H74O16. The Morgan fingerprint density at radius 2 is 0.838 bits per heavy atom. The first-order valence-electron chi connectivity index (χ1n) is 24.8. The average molecular weight is 955 g/mol. The standard InChI is InChI=1S/C52H74O16/c1-29(2)49(57)65-25-41(55)23-63-19-37-13-35-15-45(37)47-10-31(8-43(35)47)17-61-21-39(53)27-67-51(59)33-6-5-7-34(12-33)52(60)68-28-40(54)22-62-18-32-9-44-36-14-38(46(16-36)48(44)11-32)20-64-24-42(56)26-66-50(58)30(3)4/h5-7,12,31-32,35-48,53-56H,1,3,8-11,13-28H2,2,4H3. The number of aliphatic hydroxyl groups excluding tert-OH is 4. The summed E-state index contributed by atoms with van der Waals surface area (Å²) in [6, 6.07) is 5.92. The third-order valence-electron chi connectivity index (χ3n) is 15.7. The summed E-state index contributed by atoms with van der Waals surface area (Å²) < 4.78 is 44.2. The van der Waals surface area contributed by atoms with E-state index >= 15 is 0 Å². The number of hydrogen-bond acceptors (Lipinski definition) is 16. The van der Waals surface area contributed by atoms with Gasteiger partial charge < -0.3 is 58.3 Å². The molecule has 7 rings (SSSR count). The molecule has 6 saturated carbocycles. The fraction of sp³-hybridized carbons (Fsp3) is 0.731. The van der Waals surface area contributed by atoms with Gasteiger partial charge in [-0.3, -0.25) is 0 Å². The van der Waals surface area contributed by atoms with Gasteiger partial charge in [-0.25, -0.2) is 19.2 Å². The molecule has 16 nitrogen and oxygen atoms in total. The summed E-state index contributed by atoms with van der Waals surface area (Å²) in [4.78, 5) is 48.9. The highest BCUT2D eigenvalue weighted by Crippen LogP contribution is 2.63. The monoisotopic (exact) mass is 954 g/mol. The van der Waals surface area contributed by atoms with Gasteiger partial charge in [0.2, 0.25) is 0 Å². The molecule has 6 aliphatic carbocycles. The van der Waals surface area contributed by atoms with E-state index in [0.717, 1.165) is 38.5 Å². The summed E-state index contributed by atoms with van der Waals surface area (Å²) in [7, 11) is 0. The highest BCUT2D eigenvalue weighted by atomic mass is 16.6. The van der Waals surface area contributed by atoms with Crippen LogP contribution in [0.1, 0.15) is 85.9 Å². The van der Waals surface area contributed by atoms with Crippen LogP contribution in [0.3, 0.4) is 0 Å². The molecule has 0 heterocycles. The van der Waals surface area contributed by atoms with Crippen LogP contribution in [0.15, 0.2) is 48.6 Å². The van der Waals surface area contributed by atoms with Crippen LogP contribution in [0, 0.1) is 71.0 Å². The molecule has 16 atom stereocenters. The fourth-order valence-corrected chi connectivity index (χ4v) is 12.8. The SMILES string of the molecule is C=C(C)C(=O)OCC(O)COCC1CC2CC1C1CC(COCC(O)COC(=O)c3cccc(C(=O)OCC(O)COCC4CC5C6CC(COCC(O)COC(=O)C(=C)C)C(C6)C5C4)c3)CC21. The number of carbonyl (C=O) groups is 4. The van der Waals surface area contributed by atoms with Crippen molar-refractivity contribution in [2.45, 2.75) is 89.6 Å². The van der Waals surface area contributed by atoms with Crippen LogP contribution in [0.2, 0.25) is 0 Å².